The van der Waals surface area contributed by atoms with E-state index >= 15 is 0 Å². The van der Waals surface area contributed by atoms with Gasteiger partial charge in [0.05, 0.1) is 12.0 Å². The third kappa shape index (κ3) is 2.69. The van der Waals surface area contributed by atoms with Crippen LogP contribution < -0.4 is 15.8 Å². The number of nitro groups is 1. The molecule has 0 aliphatic rings. The van der Waals surface area contributed by atoms with Gasteiger partial charge in [-0.05, 0) is 12.1 Å². The van der Waals surface area contributed by atoms with Gasteiger partial charge < -0.3 is 4.74 Å². The van der Waals surface area contributed by atoms with Gasteiger partial charge in [0.2, 0.25) is 0 Å². The molecule has 0 spiro atoms. The molecule has 0 amide bonds. The lowest BCUT2D eigenvalue weighted by atomic mass is 10.2. The van der Waals surface area contributed by atoms with Crippen LogP contribution in [0.3, 0.4) is 0 Å². The highest BCUT2D eigenvalue weighted by molar-refractivity contribution is 5.68. The van der Waals surface area contributed by atoms with Crippen LogP contribution in [0.4, 0.5) is 11.4 Å². The third-order valence-corrected chi connectivity index (χ3v) is 1.77. The third-order valence-electron chi connectivity index (χ3n) is 1.77. The lowest BCUT2D eigenvalue weighted by Crippen LogP contribution is -2.33. The van der Waals surface area contributed by atoms with Crippen molar-refractivity contribution in [2.75, 3.05) is 12.3 Å². The van der Waals surface area contributed by atoms with Gasteiger partial charge in [-0.2, -0.15) is 4.94 Å². The van der Waals surface area contributed by atoms with E-state index in [1.807, 2.05) is 0 Å². The number of hydrogen-bond donors (Lipinski definition) is 1. The molecule has 17 heavy (non-hydrogen) atoms. The Labute approximate surface area is 94.3 Å². The molecular formula is C7H8N4O6. The zero-order valence-electron chi connectivity index (χ0n) is 8.60. The fourth-order valence-corrected chi connectivity index (χ4v) is 1.15. The number of ether oxygens (including phenoxy) is 1. The van der Waals surface area contributed by atoms with Gasteiger partial charge >= 0.3 is 10.8 Å². The Morgan fingerprint density at radius 1 is 1.35 bits per heavy atom. The number of para-hydroxylation sites is 1. The Morgan fingerprint density at radius 3 is 2.47 bits per heavy atom. The normalized spacial score (nSPS) is 9.53. The average molecular weight is 244 g/mol. The molecule has 1 aromatic carbocycles. The summed E-state index contributed by atoms with van der Waals surface area (Å²) in [6.07, 6.45) is 0. The lowest BCUT2D eigenvalue weighted by molar-refractivity contribution is -0.762. The Balaban J connectivity index is 3.22. The highest BCUT2D eigenvalue weighted by atomic mass is 17.0. The molecule has 1 aromatic rings. The quantitative estimate of drug-likeness (QED) is 0.447. The predicted octanol–water partition coefficient (Wildman–Crippen LogP) is 0.407. The van der Waals surface area contributed by atoms with Gasteiger partial charge in [-0.25, -0.2) is 5.84 Å². The number of hydrazine groups is 1. The molecule has 1 rings (SSSR count). The number of hydrogen-bond acceptors (Lipinski definition) is 8. The van der Waals surface area contributed by atoms with E-state index in [0.29, 0.717) is 0 Å². The van der Waals surface area contributed by atoms with Crippen molar-refractivity contribution in [1.82, 2.24) is 0 Å². The fourth-order valence-electron chi connectivity index (χ4n) is 1.15. The van der Waals surface area contributed by atoms with E-state index < -0.39 is 15.7 Å². The minimum absolute atomic E-state index is 0.0881. The Bertz CT molecular complexity index is 450. The number of nitro benzene ring substituents is 1. The van der Waals surface area contributed by atoms with Crippen LogP contribution in [0.5, 0.6) is 5.75 Å². The number of rotatable bonds is 5. The van der Waals surface area contributed by atoms with E-state index in [2.05, 4.69) is 4.94 Å². The summed E-state index contributed by atoms with van der Waals surface area (Å²) < 4.78 is 4.75. The summed E-state index contributed by atoms with van der Waals surface area (Å²) in [5.41, 5.74) is -0.828. The molecular weight excluding hydrogens is 236 g/mol. The maximum atomic E-state index is 10.8. The SMILES string of the molecule is COc1cccc(N(N)O[N+](=O)[O-])c1[N+](=O)[O-]. The molecule has 0 saturated carbocycles. The number of nitrogens with zero attached hydrogens (tertiary/aromatic N) is 3. The van der Waals surface area contributed by atoms with E-state index in [4.69, 9.17) is 10.6 Å². The first-order valence-corrected chi connectivity index (χ1v) is 4.16. The first-order valence-electron chi connectivity index (χ1n) is 4.16. The lowest BCUT2D eigenvalue weighted by Gasteiger charge is -2.14. The van der Waals surface area contributed by atoms with E-state index in [-0.39, 0.29) is 16.6 Å². The van der Waals surface area contributed by atoms with Crippen molar-refractivity contribution >= 4 is 11.4 Å². The Morgan fingerprint density at radius 2 is 2.00 bits per heavy atom. The van der Waals surface area contributed by atoms with Gasteiger partial charge in [0.15, 0.2) is 11.4 Å². The number of nitrogens with two attached hydrogens (primary N) is 1. The molecule has 0 heterocycles. The van der Waals surface area contributed by atoms with Crippen LogP contribution in [0, 0.1) is 20.2 Å². The largest absolute Gasteiger partial charge is 0.490 e. The fraction of sp³-hybridized carbons (Fsp3) is 0.143. The van der Waals surface area contributed by atoms with Crippen LogP contribution in [0.2, 0.25) is 0 Å². The van der Waals surface area contributed by atoms with Crippen molar-refractivity contribution in [1.29, 1.82) is 0 Å². The molecule has 0 atom stereocenters. The summed E-state index contributed by atoms with van der Waals surface area (Å²) in [5.74, 6) is 5.08. The van der Waals surface area contributed by atoms with E-state index in [1.54, 1.807) is 0 Å². The molecule has 2 N–H and O–H groups in total. The Hall–Kier alpha value is -2.62. The second-order valence-corrected chi connectivity index (χ2v) is 2.72. The van der Waals surface area contributed by atoms with Gasteiger partial charge in [-0.1, -0.05) is 6.07 Å². The summed E-state index contributed by atoms with van der Waals surface area (Å²) in [5, 5.41) is 19.9. The highest BCUT2D eigenvalue weighted by Gasteiger charge is 2.25. The first kappa shape index (κ1) is 12.4. The van der Waals surface area contributed by atoms with Gasteiger partial charge in [-0.15, -0.1) is 15.3 Å². The number of methoxy groups -OCH3 is 1. The van der Waals surface area contributed by atoms with Crippen molar-refractivity contribution in [3.63, 3.8) is 0 Å². The molecule has 0 bridgehead atoms. The van der Waals surface area contributed by atoms with Gasteiger partial charge in [-0.3, -0.25) is 10.1 Å². The zero-order chi connectivity index (χ0) is 13.0. The van der Waals surface area contributed by atoms with Crippen molar-refractivity contribution in [2.45, 2.75) is 0 Å². The second kappa shape index (κ2) is 4.94. The van der Waals surface area contributed by atoms with E-state index in [0.717, 1.165) is 0 Å². The topological polar surface area (TPSA) is 134 Å². The molecule has 10 heteroatoms. The van der Waals surface area contributed by atoms with Crippen molar-refractivity contribution in [3.8, 4) is 5.75 Å². The second-order valence-electron chi connectivity index (χ2n) is 2.72. The van der Waals surface area contributed by atoms with Crippen molar-refractivity contribution < 1.29 is 19.7 Å². The minimum Gasteiger partial charge on any atom is -0.490 e. The maximum Gasteiger partial charge on any atom is 0.337 e. The van der Waals surface area contributed by atoms with Crippen LogP contribution in [0.25, 0.3) is 0 Å². The standard InChI is InChI=1S/C7H8N4O6/c1-16-6-4-2-3-5(7(6)10(12)13)9(8)17-11(14)15/h2-4H,8H2,1H3. The molecule has 0 aromatic heterocycles. The molecule has 0 unspecified atom stereocenters. The summed E-state index contributed by atoms with van der Waals surface area (Å²) >= 11 is 0. The van der Waals surface area contributed by atoms with Gasteiger partial charge in [0.25, 0.3) is 0 Å². The summed E-state index contributed by atoms with van der Waals surface area (Å²) in [6, 6.07) is 3.89. The summed E-state index contributed by atoms with van der Waals surface area (Å²) in [7, 11) is 1.22. The molecule has 92 valence electrons. The van der Waals surface area contributed by atoms with E-state index in [1.165, 1.54) is 25.3 Å². The molecule has 10 nitrogen and oxygen atoms in total. The summed E-state index contributed by atoms with van der Waals surface area (Å²) in [4.78, 5) is 24.0. The van der Waals surface area contributed by atoms with Gasteiger partial charge in [0.1, 0.15) is 0 Å². The first-order chi connectivity index (χ1) is 7.97. The molecule has 0 aliphatic carbocycles. The van der Waals surface area contributed by atoms with Crippen molar-refractivity contribution in [2.24, 2.45) is 5.84 Å². The zero-order valence-corrected chi connectivity index (χ0v) is 8.60. The monoisotopic (exact) mass is 244 g/mol. The van der Waals surface area contributed by atoms with Crippen LogP contribution in [0.1, 0.15) is 0 Å². The number of benzene rings is 1. The minimum atomic E-state index is -1.19. The number of anilines is 1. The maximum absolute atomic E-state index is 10.8. The summed E-state index contributed by atoms with van der Waals surface area (Å²) in [6.45, 7) is 0. The van der Waals surface area contributed by atoms with Crippen LogP contribution in [-0.2, 0) is 4.94 Å². The molecule has 0 radical (unpaired) electrons. The highest BCUT2D eigenvalue weighted by Crippen LogP contribution is 2.35. The molecule has 0 fully saturated rings. The smallest absolute Gasteiger partial charge is 0.337 e. The van der Waals surface area contributed by atoms with Gasteiger partial charge in [0, 0.05) is 0 Å². The predicted molar refractivity (Wildman–Crippen MR) is 54.4 cm³/mol. The van der Waals surface area contributed by atoms with Crippen molar-refractivity contribution in [3.05, 3.63) is 38.4 Å². The average Bonchev–Trinajstić information content (AvgIpc) is 2.26. The van der Waals surface area contributed by atoms with Crippen LogP contribution in [-0.4, -0.2) is 17.1 Å². The van der Waals surface area contributed by atoms with Crippen LogP contribution >= 0.6 is 0 Å². The Kier molecular flexibility index (Phi) is 3.62. The molecule has 0 saturated heterocycles. The van der Waals surface area contributed by atoms with Crippen LogP contribution in [0.15, 0.2) is 18.2 Å². The molecule has 0 aliphatic heterocycles. The van der Waals surface area contributed by atoms with E-state index in [9.17, 15) is 20.2 Å².